The van der Waals surface area contributed by atoms with Crippen molar-refractivity contribution in [3.63, 3.8) is 0 Å². The summed E-state index contributed by atoms with van der Waals surface area (Å²) in [4.78, 5) is 0. The van der Waals surface area contributed by atoms with Crippen LogP contribution in [-0.2, 0) is 0 Å². The molecule has 0 spiro atoms. The summed E-state index contributed by atoms with van der Waals surface area (Å²) >= 11 is 0. The predicted molar refractivity (Wildman–Crippen MR) is 115 cm³/mol. The minimum Gasteiger partial charge on any atom is -0.0813 e. The van der Waals surface area contributed by atoms with Crippen LogP contribution < -0.4 is 0 Å². The van der Waals surface area contributed by atoms with Crippen LogP contribution in [0.25, 0.3) is 5.57 Å². The summed E-state index contributed by atoms with van der Waals surface area (Å²) in [6, 6.07) is 14.8. The zero-order chi connectivity index (χ0) is 18.9. The van der Waals surface area contributed by atoms with E-state index in [-0.39, 0.29) is 0 Å². The highest BCUT2D eigenvalue weighted by Crippen LogP contribution is 2.24. The van der Waals surface area contributed by atoms with Crippen LogP contribution in [0.5, 0.6) is 0 Å². The Hall–Kier alpha value is -2.26. The number of rotatable bonds is 2. The van der Waals surface area contributed by atoms with E-state index in [2.05, 4.69) is 95.0 Å². The van der Waals surface area contributed by atoms with Gasteiger partial charge in [-0.3, -0.25) is 0 Å². The third kappa shape index (κ3) is 6.23. The largest absolute Gasteiger partial charge is 0.0813 e. The molecule has 2 aromatic carbocycles. The number of aryl methyl sites for hydroxylation is 2. The maximum absolute atomic E-state index is 3.24. The van der Waals surface area contributed by atoms with Gasteiger partial charge < -0.3 is 0 Å². The number of hydrogen-bond donors (Lipinski definition) is 0. The molecular formula is C26H32. The van der Waals surface area contributed by atoms with E-state index in [4.69, 9.17) is 0 Å². The molecule has 1 aliphatic rings. The number of allylic oxidation sites excluding steroid dienone is 2. The molecule has 3 rings (SSSR count). The summed E-state index contributed by atoms with van der Waals surface area (Å²) in [5.74, 6) is 7.54. The maximum Gasteiger partial charge on any atom is 0.0251 e. The van der Waals surface area contributed by atoms with Gasteiger partial charge in [0.2, 0.25) is 0 Å². The summed E-state index contributed by atoms with van der Waals surface area (Å²) < 4.78 is 0. The van der Waals surface area contributed by atoms with Crippen molar-refractivity contribution in [1.29, 1.82) is 0 Å². The minimum absolute atomic E-state index is 1.06. The molecule has 0 aromatic heterocycles. The average molecular weight is 345 g/mol. The Bertz CT molecular complexity index is 790. The Balaban J connectivity index is 0.000000417. The first-order chi connectivity index (χ1) is 12.5. The molecule has 1 aliphatic carbocycles. The maximum atomic E-state index is 3.24. The van der Waals surface area contributed by atoms with Crippen molar-refractivity contribution in [3.05, 3.63) is 76.4 Å². The zero-order valence-electron chi connectivity index (χ0n) is 17.0. The van der Waals surface area contributed by atoms with Crippen molar-refractivity contribution in [2.75, 3.05) is 0 Å². The van der Waals surface area contributed by atoms with Gasteiger partial charge in [0, 0.05) is 11.1 Å². The van der Waals surface area contributed by atoms with Crippen molar-refractivity contribution in [1.82, 2.24) is 0 Å². The van der Waals surface area contributed by atoms with E-state index in [0.717, 1.165) is 23.5 Å². The molecule has 0 saturated heterocycles. The molecule has 0 amide bonds. The standard InChI is InChI=1S/C21H22.C5H10/c1-5-6-17(3)21-13-11-19(12-14-21)9-10-20-8-7-16(2)18(4)15-20;1-5-3-2-4-5/h6-8,11-15H,5H2,1-4H3;5H,2-4H2,1H3/b17-6-;. The van der Waals surface area contributed by atoms with E-state index < -0.39 is 0 Å². The molecule has 0 atom stereocenters. The van der Waals surface area contributed by atoms with E-state index in [1.807, 2.05) is 0 Å². The molecule has 0 heterocycles. The Morgan fingerprint density at radius 2 is 1.54 bits per heavy atom. The van der Waals surface area contributed by atoms with E-state index in [1.54, 1.807) is 0 Å². The monoisotopic (exact) mass is 344 g/mol. The fraction of sp³-hybridized carbons (Fsp3) is 0.385. The molecular weight excluding hydrogens is 312 g/mol. The fourth-order valence-electron chi connectivity index (χ4n) is 2.82. The van der Waals surface area contributed by atoms with Crippen molar-refractivity contribution < 1.29 is 0 Å². The van der Waals surface area contributed by atoms with Gasteiger partial charge in [0.05, 0.1) is 0 Å². The fourth-order valence-corrected chi connectivity index (χ4v) is 2.82. The van der Waals surface area contributed by atoms with Gasteiger partial charge in [-0.25, -0.2) is 0 Å². The van der Waals surface area contributed by atoms with Gasteiger partial charge in [-0.15, -0.1) is 0 Å². The Kier molecular flexibility index (Phi) is 7.73. The van der Waals surface area contributed by atoms with E-state index in [1.165, 1.54) is 41.5 Å². The van der Waals surface area contributed by atoms with Crippen LogP contribution in [0, 0.1) is 31.6 Å². The van der Waals surface area contributed by atoms with Crippen molar-refractivity contribution in [2.45, 2.75) is 60.3 Å². The van der Waals surface area contributed by atoms with Crippen LogP contribution in [0.2, 0.25) is 0 Å². The van der Waals surface area contributed by atoms with Crippen molar-refractivity contribution >= 4 is 5.57 Å². The summed E-state index contributed by atoms with van der Waals surface area (Å²) in [7, 11) is 0. The lowest BCUT2D eigenvalue weighted by atomic mass is 9.88. The molecule has 0 nitrogen and oxygen atoms in total. The first kappa shape index (κ1) is 20.1. The molecule has 0 aliphatic heterocycles. The van der Waals surface area contributed by atoms with Gasteiger partial charge in [0.25, 0.3) is 0 Å². The highest BCUT2D eigenvalue weighted by molar-refractivity contribution is 5.64. The second-order valence-electron chi connectivity index (χ2n) is 7.46. The lowest BCUT2D eigenvalue weighted by Crippen LogP contribution is -2.04. The van der Waals surface area contributed by atoms with Crippen molar-refractivity contribution in [3.8, 4) is 11.8 Å². The third-order valence-corrected chi connectivity index (χ3v) is 5.10. The first-order valence-corrected chi connectivity index (χ1v) is 9.86. The molecule has 26 heavy (non-hydrogen) atoms. The van der Waals surface area contributed by atoms with Crippen LogP contribution in [0.15, 0.2) is 48.5 Å². The lowest BCUT2D eigenvalue weighted by Gasteiger charge is -2.18. The lowest BCUT2D eigenvalue weighted by molar-refractivity contribution is 0.346. The van der Waals surface area contributed by atoms with Gasteiger partial charge in [0.1, 0.15) is 0 Å². The highest BCUT2D eigenvalue weighted by atomic mass is 14.1. The van der Waals surface area contributed by atoms with Gasteiger partial charge in [-0.2, -0.15) is 0 Å². The summed E-state index contributed by atoms with van der Waals surface area (Å²) in [6.07, 6.45) is 7.77. The second-order valence-corrected chi connectivity index (χ2v) is 7.46. The second kappa shape index (κ2) is 10.0. The first-order valence-electron chi connectivity index (χ1n) is 9.86. The molecule has 136 valence electrons. The van der Waals surface area contributed by atoms with Crippen LogP contribution in [0.1, 0.15) is 74.3 Å². The van der Waals surface area contributed by atoms with E-state index in [0.29, 0.717) is 0 Å². The number of benzene rings is 2. The van der Waals surface area contributed by atoms with E-state index >= 15 is 0 Å². The quantitative estimate of drug-likeness (QED) is 0.500. The van der Waals surface area contributed by atoms with Gasteiger partial charge in [0.15, 0.2) is 0 Å². The Morgan fingerprint density at radius 3 is 2.04 bits per heavy atom. The molecule has 0 bridgehead atoms. The van der Waals surface area contributed by atoms with Gasteiger partial charge in [-0.05, 0) is 79.6 Å². The Morgan fingerprint density at radius 1 is 0.962 bits per heavy atom. The molecule has 0 N–H and O–H groups in total. The highest BCUT2D eigenvalue weighted by Gasteiger charge is 2.09. The molecule has 1 saturated carbocycles. The summed E-state index contributed by atoms with van der Waals surface area (Å²) in [6.45, 7) is 10.9. The van der Waals surface area contributed by atoms with Crippen LogP contribution in [0.3, 0.4) is 0 Å². The minimum atomic E-state index is 1.06. The average Bonchev–Trinajstić information content (AvgIpc) is 2.62. The molecule has 1 fully saturated rings. The molecule has 0 radical (unpaired) electrons. The molecule has 0 heteroatoms. The van der Waals surface area contributed by atoms with Crippen molar-refractivity contribution in [2.24, 2.45) is 5.92 Å². The molecule has 2 aromatic rings. The van der Waals surface area contributed by atoms with Gasteiger partial charge in [-0.1, -0.05) is 69.2 Å². The van der Waals surface area contributed by atoms with E-state index in [9.17, 15) is 0 Å². The predicted octanol–water partition coefficient (Wildman–Crippen LogP) is 7.32. The smallest absolute Gasteiger partial charge is 0.0251 e. The van der Waals surface area contributed by atoms with Gasteiger partial charge >= 0.3 is 0 Å². The topological polar surface area (TPSA) is 0 Å². The van der Waals surface area contributed by atoms with Crippen LogP contribution >= 0.6 is 0 Å². The third-order valence-electron chi connectivity index (χ3n) is 5.10. The molecule has 0 unspecified atom stereocenters. The number of hydrogen-bond acceptors (Lipinski definition) is 0. The normalized spacial score (nSPS) is 13.8. The summed E-state index contributed by atoms with van der Waals surface area (Å²) in [5, 5.41) is 0. The van der Waals surface area contributed by atoms with Crippen LogP contribution in [-0.4, -0.2) is 0 Å². The Labute approximate surface area is 160 Å². The SMILES string of the molecule is CC/C=C(/C)c1ccc(C#Cc2ccc(C)c(C)c2)cc1.CC1CCC1. The summed E-state index contributed by atoms with van der Waals surface area (Å²) in [5.41, 5.74) is 7.32. The zero-order valence-corrected chi connectivity index (χ0v) is 17.0. The van der Waals surface area contributed by atoms with Crippen LogP contribution in [0.4, 0.5) is 0 Å².